The third kappa shape index (κ3) is 3.41. The summed E-state index contributed by atoms with van der Waals surface area (Å²) in [6, 6.07) is 13.1. The van der Waals surface area contributed by atoms with E-state index in [1.54, 1.807) is 0 Å². The van der Waals surface area contributed by atoms with Gasteiger partial charge in [0.15, 0.2) is 0 Å². The van der Waals surface area contributed by atoms with E-state index in [4.69, 9.17) is 0 Å². The van der Waals surface area contributed by atoms with E-state index in [2.05, 4.69) is 60.5 Å². The lowest BCUT2D eigenvalue weighted by Gasteiger charge is -2.16. The Hall–Kier alpha value is -1.67. The number of pyridine rings is 1. The summed E-state index contributed by atoms with van der Waals surface area (Å²) < 4.78 is 0. The molecule has 0 saturated heterocycles. The summed E-state index contributed by atoms with van der Waals surface area (Å²) in [6.07, 6.45) is 4.74. The van der Waals surface area contributed by atoms with Gasteiger partial charge in [-0.05, 0) is 55.6 Å². The third-order valence-corrected chi connectivity index (χ3v) is 3.27. The second kappa shape index (κ2) is 6.31. The van der Waals surface area contributed by atoms with Crippen LogP contribution in [0, 0.1) is 6.92 Å². The van der Waals surface area contributed by atoms with Gasteiger partial charge < -0.3 is 5.32 Å². The van der Waals surface area contributed by atoms with Gasteiger partial charge in [-0.25, -0.2) is 0 Å². The molecule has 0 spiro atoms. The highest BCUT2D eigenvalue weighted by Gasteiger charge is 2.06. The Bertz CT molecular complexity index is 479. The maximum Gasteiger partial charge on any atom is 0.0294 e. The van der Waals surface area contributed by atoms with Crippen LogP contribution in [-0.4, -0.2) is 11.5 Å². The second-order valence-electron chi connectivity index (χ2n) is 4.64. The number of aryl methyl sites for hydroxylation is 1. The van der Waals surface area contributed by atoms with Crippen LogP contribution in [0.25, 0.3) is 0 Å². The standard InChI is InChI=1S/C16H20N2/c1-13-5-3-4-6-16(13)14(2)18-12-9-15-7-10-17-11-8-15/h3-8,10-11,14,18H,9,12H2,1-2H3/t14-/m0/s1. The minimum Gasteiger partial charge on any atom is -0.310 e. The lowest BCUT2D eigenvalue weighted by molar-refractivity contribution is 0.574. The van der Waals surface area contributed by atoms with Crippen LogP contribution in [0.2, 0.25) is 0 Å². The molecule has 0 radical (unpaired) electrons. The molecule has 0 aliphatic heterocycles. The number of hydrogen-bond donors (Lipinski definition) is 1. The van der Waals surface area contributed by atoms with Gasteiger partial charge in [0.1, 0.15) is 0 Å². The maximum absolute atomic E-state index is 4.03. The normalized spacial score (nSPS) is 12.3. The number of benzene rings is 1. The van der Waals surface area contributed by atoms with Gasteiger partial charge in [-0.15, -0.1) is 0 Å². The summed E-state index contributed by atoms with van der Waals surface area (Å²) in [5, 5.41) is 3.57. The molecule has 0 saturated carbocycles. The smallest absolute Gasteiger partial charge is 0.0294 e. The van der Waals surface area contributed by atoms with Crippen LogP contribution in [0.15, 0.2) is 48.8 Å². The van der Waals surface area contributed by atoms with Gasteiger partial charge in [-0.3, -0.25) is 4.98 Å². The van der Waals surface area contributed by atoms with Gasteiger partial charge in [0, 0.05) is 18.4 Å². The minimum absolute atomic E-state index is 0.396. The van der Waals surface area contributed by atoms with Gasteiger partial charge in [-0.2, -0.15) is 0 Å². The Morgan fingerprint density at radius 3 is 2.56 bits per heavy atom. The van der Waals surface area contributed by atoms with Crippen molar-refractivity contribution in [2.75, 3.05) is 6.54 Å². The molecule has 1 heterocycles. The highest BCUT2D eigenvalue weighted by molar-refractivity contribution is 5.28. The average molecular weight is 240 g/mol. The molecule has 1 aromatic carbocycles. The molecule has 94 valence electrons. The zero-order chi connectivity index (χ0) is 12.8. The van der Waals surface area contributed by atoms with Crippen LogP contribution in [0.3, 0.4) is 0 Å². The molecule has 0 aliphatic rings. The lowest BCUT2D eigenvalue weighted by Crippen LogP contribution is -2.22. The summed E-state index contributed by atoms with van der Waals surface area (Å²) in [7, 11) is 0. The topological polar surface area (TPSA) is 24.9 Å². The average Bonchev–Trinajstić information content (AvgIpc) is 2.40. The molecule has 1 aromatic heterocycles. The van der Waals surface area contributed by atoms with Gasteiger partial charge in [0.2, 0.25) is 0 Å². The quantitative estimate of drug-likeness (QED) is 0.867. The number of nitrogens with one attached hydrogen (secondary N) is 1. The summed E-state index contributed by atoms with van der Waals surface area (Å²) in [5.41, 5.74) is 4.06. The van der Waals surface area contributed by atoms with E-state index in [-0.39, 0.29) is 0 Å². The van der Waals surface area contributed by atoms with Crippen LogP contribution in [0.1, 0.15) is 29.7 Å². The number of hydrogen-bond acceptors (Lipinski definition) is 2. The van der Waals surface area contributed by atoms with Crippen molar-refractivity contribution in [1.29, 1.82) is 0 Å². The first-order valence-corrected chi connectivity index (χ1v) is 6.45. The largest absolute Gasteiger partial charge is 0.310 e. The van der Waals surface area contributed by atoms with E-state index in [1.165, 1.54) is 16.7 Å². The molecule has 0 amide bonds. The molecule has 0 bridgehead atoms. The number of nitrogens with zero attached hydrogens (tertiary/aromatic N) is 1. The van der Waals surface area contributed by atoms with Crippen LogP contribution < -0.4 is 5.32 Å². The minimum atomic E-state index is 0.396. The summed E-state index contributed by atoms with van der Waals surface area (Å²) in [5.74, 6) is 0. The SMILES string of the molecule is Cc1ccccc1[C@H](C)NCCc1ccncc1. The first kappa shape index (κ1) is 12.8. The predicted molar refractivity (Wildman–Crippen MR) is 75.5 cm³/mol. The van der Waals surface area contributed by atoms with Crippen LogP contribution in [-0.2, 0) is 6.42 Å². The molecule has 0 aliphatic carbocycles. The van der Waals surface area contributed by atoms with Crippen molar-refractivity contribution < 1.29 is 0 Å². The second-order valence-corrected chi connectivity index (χ2v) is 4.64. The maximum atomic E-state index is 4.03. The zero-order valence-corrected chi connectivity index (χ0v) is 11.1. The van der Waals surface area contributed by atoms with E-state index in [0.717, 1.165) is 13.0 Å². The summed E-state index contributed by atoms with van der Waals surface area (Å²) in [4.78, 5) is 4.03. The van der Waals surface area contributed by atoms with Gasteiger partial charge in [0.25, 0.3) is 0 Å². The monoisotopic (exact) mass is 240 g/mol. The van der Waals surface area contributed by atoms with Crippen molar-refractivity contribution in [1.82, 2.24) is 10.3 Å². The van der Waals surface area contributed by atoms with E-state index in [1.807, 2.05) is 12.4 Å². The fourth-order valence-electron chi connectivity index (χ4n) is 2.17. The predicted octanol–water partition coefficient (Wildman–Crippen LogP) is 3.28. The van der Waals surface area contributed by atoms with Crippen LogP contribution in [0.5, 0.6) is 0 Å². The molecule has 2 aromatic rings. The van der Waals surface area contributed by atoms with Crippen molar-refractivity contribution in [2.45, 2.75) is 26.3 Å². The molecule has 0 unspecified atom stereocenters. The molecule has 1 atom stereocenters. The molecular weight excluding hydrogens is 220 g/mol. The van der Waals surface area contributed by atoms with Crippen LogP contribution >= 0.6 is 0 Å². The molecule has 0 fully saturated rings. The Labute approximate surface area is 109 Å². The van der Waals surface area contributed by atoms with E-state index >= 15 is 0 Å². The Morgan fingerprint density at radius 2 is 1.83 bits per heavy atom. The molecule has 2 heteroatoms. The van der Waals surface area contributed by atoms with Crippen molar-refractivity contribution in [2.24, 2.45) is 0 Å². The highest BCUT2D eigenvalue weighted by atomic mass is 14.9. The first-order chi connectivity index (χ1) is 8.77. The van der Waals surface area contributed by atoms with Crippen molar-refractivity contribution >= 4 is 0 Å². The lowest BCUT2D eigenvalue weighted by atomic mass is 10.0. The van der Waals surface area contributed by atoms with Crippen molar-refractivity contribution in [3.8, 4) is 0 Å². The molecule has 2 rings (SSSR count). The molecule has 18 heavy (non-hydrogen) atoms. The third-order valence-electron chi connectivity index (χ3n) is 3.27. The van der Waals surface area contributed by atoms with Gasteiger partial charge in [0.05, 0.1) is 0 Å². The molecule has 1 N–H and O–H groups in total. The molecule has 2 nitrogen and oxygen atoms in total. The Balaban J connectivity index is 1.86. The Kier molecular flexibility index (Phi) is 4.48. The Morgan fingerprint density at radius 1 is 1.11 bits per heavy atom. The van der Waals surface area contributed by atoms with Gasteiger partial charge in [-0.1, -0.05) is 24.3 Å². The van der Waals surface area contributed by atoms with Gasteiger partial charge >= 0.3 is 0 Å². The van der Waals surface area contributed by atoms with Crippen LogP contribution in [0.4, 0.5) is 0 Å². The van der Waals surface area contributed by atoms with E-state index in [9.17, 15) is 0 Å². The zero-order valence-electron chi connectivity index (χ0n) is 11.1. The highest BCUT2D eigenvalue weighted by Crippen LogP contribution is 2.16. The van der Waals surface area contributed by atoms with Crippen molar-refractivity contribution in [3.05, 3.63) is 65.5 Å². The first-order valence-electron chi connectivity index (χ1n) is 6.45. The van der Waals surface area contributed by atoms with E-state index < -0.39 is 0 Å². The number of rotatable bonds is 5. The fourth-order valence-corrected chi connectivity index (χ4v) is 2.17. The molecular formula is C16H20N2. The number of aromatic nitrogens is 1. The summed E-state index contributed by atoms with van der Waals surface area (Å²) >= 11 is 0. The van der Waals surface area contributed by atoms with Crippen molar-refractivity contribution in [3.63, 3.8) is 0 Å². The summed E-state index contributed by atoms with van der Waals surface area (Å²) in [6.45, 7) is 5.37. The van der Waals surface area contributed by atoms with E-state index in [0.29, 0.717) is 6.04 Å². The fraction of sp³-hybridized carbons (Fsp3) is 0.312.